The molecule has 1 heterocycles. The Labute approximate surface area is 164 Å². The van der Waals surface area contributed by atoms with Crippen LogP contribution >= 0.6 is 0 Å². The highest BCUT2D eigenvalue weighted by molar-refractivity contribution is 5.99. The molecule has 1 amide bonds. The average molecular weight is 376 g/mol. The van der Waals surface area contributed by atoms with E-state index in [2.05, 4.69) is 23.6 Å². The molecule has 0 spiro atoms. The first-order chi connectivity index (χ1) is 13.4. The van der Waals surface area contributed by atoms with Gasteiger partial charge in [-0.05, 0) is 44.5 Å². The lowest BCUT2D eigenvalue weighted by Gasteiger charge is -2.19. The predicted octanol–water partition coefficient (Wildman–Crippen LogP) is 4.07. The SMILES string of the molecule is Cc1cc(C(=O)COc2ccccc2C(N)=O)c(C)n1[C@@H](C)c1ccccc1. The van der Waals surface area contributed by atoms with Crippen LogP contribution in [0.15, 0.2) is 60.7 Å². The van der Waals surface area contributed by atoms with Crippen molar-refractivity contribution >= 4 is 11.7 Å². The Balaban J connectivity index is 1.81. The van der Waals surface area contributed by atoms with E-state index in [0.29, 0.717) is 11.3 Å². The largest absolute Gasteiger partial charge is 0.485 e. The smallest absolute Gasteiger partial charge is 0.252 e. The number of nitrogens with zero attached hydrogens (tertiary/aromatic N) is 1. The van der Waals surface area contributed by atoms with Crippen LogP contribution in [0.1, 0.15) is 50.6 Å². The molecule has 1 atom stereocenters. The van der Waals surface area contributed by atoms with Gasteiger partial charge in [-0.25, -0.2) is 0 Å². The predicted molar refractivity (Wildman–Crippen MR) is 109 cm³/mol. The summed E-state index contributed by atoms with van der Waals surface area (Å²) < 4.78 is 7.76. The number of ketones is 1. The third-order valence-corrected chi connectivity index (χ3v) is 4.97. The Morgan fingerprint density at radius 2 is 1.64 bits per heavy atom. The molecule has 0 aliphatic rings. The van der Waals surface area contributed by atoms with Gasteiger partial charge in [0, 0.05) is 17.0 Å². The van der Waals surface area contributed by atoms with Crippen molar-refractivity contribution in [1.82, 2.24) is 4.57 Å². The van der Waals surface area contributed by atoms with E-state index in [4.69, 9.17) is 10.5 Å². The van der Waals surface area contributed by atoms with Gasteiger partial charge in [0.05, 0.1) is 11.6 Å². The number of aryl methyl sites for hydroxylation is 1. The molecule has 3 aromatic rings. The molecule has 0 aliphatic carbocycles. The lowest BCUT2D eigenvalue weighted by Crippen LogP contribution is -2.17. The van der Waals surface area contributed by atoms with E-state index < -0.39 is 5.91 Å². The second kappa shape index (κ2) is 8.13. The van der Waals surface area contributed by atoms with E-state index in [1.54, 1.807) is 24.3 Å². The molecule has 0 radical (unpaired) electrons. The van der Waals surface area contributed by atoms with Crippen LogP contribution in [0.4, 0.5) is 0 Å². The maximum Gasteiger partial charge on any atom is 0.252 e. The Bertz CT molecular complexity index is 1010. The molecule has 5 heteroatoms. The second-order valence-electron chi connectivity index (χ2n) is 6.81. The van der Waals surface area contributed by atoms with Gasteiger partial charge in [0.15, 0.2) is 6.61 Å². The van der Waals surface area contributed by atoms with Crippen LogP contribution in [-0.2, 0) is 0 Å². The monoisotopic (exact) mass is 376 g/mol. The number of ether oxygens (including phenoxy) is 1. The minimum atomic E-state index is -0.585. The normalized spacial score (nSPS) is 11.8. The summed E-state index contributed by atoms with van der Waals surface area (Å²) in [5, 5.41) is 0. The topological polar surface area (TPSA) is 74.3 Å². The highest BCUT2D eigenvalue weighted by Gasteiger charge is 2.20. The number of benzene rings is 2. The molecule has 3 rings (SSSR count). The van der Waals surface area contributed by atoms with E-state index >= 15 is 0 Å². The van der Waals surface area contributed by atoms with Gasteiger partial charge in [-0.15, -0.1) is 0 Å². The Morgan fingerprint density at radius 1 is 1.00 bits per heavy atom. The van der Waals surface area contributed by atoms with Gasteiger partial charge in [-0.1, -0.05) is 42.5 Å². The van der Waals surface area contributed by atoms with Crippen molar-refractivity contribution < 1.29 is 14.3 Å². The van der Waals surface area contributed by atoms with Crippen LogP contribution in [0.3, 0.4) is 0 Å². The van der Waals surface area contributed by atoms with Gasteiger partial charge in [0.1, 0.15) is 5.75 Å². The van der Waals surface area contributed by atoms with E-state index in [1.165, 1.54) is 5.56 Å². The molecule has 0 fully saturated rings. The Hall–Kier alpha value is -3.34. The zero-order chi connectivity index (χ0) is 20.3. The second-order valence-corrected chi connectivity index (χ2v) is 6.81. The molecular formula is C23H24N2O3. The number of para-hydroxylation sites is 1. The lowest BCUT2D eigenvalue weighted by atomic mass is 10.1. The van der Waals surface area contributed by atoms with Crippen molar-refractivity contribution in [3.8, 4) is 5.75 Å². The first-order valence-electron chi connectivity index (χ1n) is 9.18. The maximum absolute atomic E-state index is 12.8. The summed E-state index contributed by atoms with van der Waals surface area (Å²) in [4.78, 5) is 24.3. The summed E-state index contributed by atoms with van der Waals surface area (Å²) in [7, 11) is 0. The highest BCUT2D eigenvalue weighted by Crippen LogP contribution is 2.26. The fraction of sp³-hybridized carbons (Fsp3) is 0.217. The van der Waals surface area contributed by atoms with Crippen LogP contribution in [0.2, 0.25) is 0 Å². The number of carbonyl (C=O) groups is 2. The number of Topliss-reactive ketones (excluding diaryl/α,β-unsaturated/α-hetero) is 1. The molecule has 2 aromatic carbocycles. The number of rotatable bonds is 7. The average Bonchev–Trinajstić information content (AvgIpc) is 3.00. The molecule has 0 bridgehead atoms. The summed E-state index contributed by atoms with van der Waals surface area (Å²) >= 11 is 0. The molecular weight excluding hydrogens is 352 g/mol. The molecule has 144 valence electrons. The van der Waals surface area contributed by atoms with Crippen LogP contribution in [0.25, 0.3) is 0 Å². The first-order valence-corrected chi connectivity index (χ1v) is 9.18. The minimum absolute atomic E-state index is 0.110. The number of hydrogen-bond acceptors (Lipinski definition) is 3. The van der Waals surface area contributed by atoms with Crippen LogP contribution in [0.5, 0.6) is 5.75 Å². The van der Waals surface area contributed by atoms with Gasteiger partial charge in [0.25, 0.3) is 5.91 Å². The molecule has 28 heavy (non-hydrogen) atoms. The third-order valence-electron chi connectivity index (χ3n) is 4.97. The summed E-state index contributed by atoms with van der Waals surface area (Å²) in [5.41, 5.74) is 9.32. The van der Waals surface area contributed by atoms with Crippen molar-refractivity contribution in [1.29, 1.82) is 0 Å². The van der Waals surface area contributed by atoms with Crippen molar-refractivity contribution in [2.45, 2.75) is 26.8 Å². The molecule has 1 aromatic heterocycles. The van der Waals surface area contributed by atoms with Crippen molar-refractivity contribution in [2.75, 3.05) is 6.61 Å². The standard InChI is InChI=1S/C23H24N2O3/c1-15-13-20(17(3)25(15)16(2)18-9-5-4-6-10-18)21(26)14-28-22-12-8-7-11-19(22)23(24)27/h4-13,16H,14H2,1-3H3,(H2,24,27)/t16-/m0/s1. The van der Waals surface area contributed by atoms with E-state index in [9.17, 15) is 9.59 Å². The first kappa shape index (κ1) is 19.4. The number of hydrogen-bond donors (Lipinski definition) is 1. The molecule has 2 N–H and O–H groups in total. The van der Waals surface area contributed by atoms with E-state index in [0.717, 1.165) is 11.4 Å². The quantitative estimate of drug-likeness (QED) is 0.632. The minimum Gasteiger partial charge on any atom is -0.485 e. The zero-order valence-corrected chi connectivity index (χ0v) is 16.3. The van der Waals surface area contributed by atoms with Crippen LogP contribution in [0, 0.1) is 13.8 Å². The van der Waals surface area contributed by atoms with Gasteiger partial charge in [0.2, 0.25) is 5.78 Å². The maximum atomic E-state index is 12.8. The summed E-state index contributed by atoms with van der Waals surface area (Å²) in [6, 6.07) is 18.8. The zero-order valence-electron chi connectivity index (χ0n) is 16.3. The number of primary amides is 1. The molecule has 0 unspecified atom stereocenters. The van der Waals surface area contributed by atoms with Crippen LogP contribution in [-0.4, -0.2) is 22.9 Å². The number of carbonyl (C=O) groups excluding carboxylic acids is 2. The summed E-state index contributed by atoms with van der Waals surface area (Å²) in [6.07, 6.45) is 0. The van der Waals surface area contributed by atoms with Gasteiger partial charge < -0.3 is 15.0 Å². The fourth-order valence-corrected chi connectivity index (χ4v) is 3.55. The Morgan fingerprint density at radius 3 is 2.32 bits per heavy atom. The van der Waals surface area contributed by atoms with Crippen molar-refractivity contribution in [3.05, 3.63) is 88.7 Å². The lowest BCUT2D eigenvalue weighted by molar-refractivity contribution is 0.0911. The number of nitrogens with two attached hydrogens (primary N) is 1. The summed E-state index contributed by atoms with van der Waals surface area (Å²) in [5.74, 6) is -0.411. The number of amides is 1. The third kappa shape index (κ3) is 3.83. The van der Waals surface area contributed by atoms with Crippen molar-refractivity contribution in [3.63, 3.8) is 0 Å². The molecule has 5 nitrogen and oxygen atoms in total. The molecule has 0 saturated carbocycles. The molecule has 0 saturated heterocycles. The Kier molecular flexibility index (Phi) is 5.64. The molecule has 0 aliphatic heterocycles. The van der Waals surface area contributed by atoms with E-state index in [-0.39, 0.29) is 24.0 Å². The number of aromatic nitrogens is 1. The van der Waals surface area contributed by atoms with Gasteiger partial charge in [-0.3, -0.25) is 9.59 Å². The van der Waals surface area contributed by atoms with Crippen molar-refractivity contribution in [2.24, 2.45) is 5.73 Å². The van der Waals surface area contributed by atoms with Gasteiger partial charge in [-0.2, -0.15) is 0 Å². The van der Waals surface area contributed by atoms with Crippen LogP contribution < -0.4 is 10.5 Å². The highest BCUT2D eigenvalue weighted by atomic mass is 16.5. The summed E-state index contributed by atoms with van der Waals surface area (Å²) in [6.45, 7) is 5.89. The van der Waals surface area contributed by atoms with E-state index in [1.807, 2.05) is 38.1 Å². The van der Waals surface area contributed by atoms with Gasteiger partial charge >= 0.3 is 0 Å². The fourth-order valence-electron chi connectivity index (χ4n) is 3.55.